The molecule has 98 valence electrons. The molecule has 0 bridgehead atoms. The topological polar surface area (TPSA) is 51.4 Å². The first-order valence-electron chi connectivity index (χ1n) is 5.81. The van der Waals surface area contributed by atoms with Gasteiger partial charge in [-0.15, -0.1) is 4.91 Å². The van der Waals surface area contributed by atoms with E-state index in [-0.39, 0.29) is 0 Å². The van der Waals surface area contributed by atoms with Crippen molar-refractivity contribution in [3.63, 3.8) is 0 Å². The van der Waals surface area contributed by atoms with Crippen molar-refractivity contribution in [2.75, 3.05) is 0 Å². The molecule has 0 saturated heterocycles. The van der Waals surface area contributed by atoms with Crippen LogP contribution < -0.4 is 0 Å². The number of rotatable bonds is 3. The molecular formula is C14H13ClN2O2. The first-order valence-corrected chi connectivity index (χ1v) is 6.19. The zero-order valence-corrected chi connectivity index (χ0v) is 11.4. The monoisotopic (exact) mass is 276 g/mol. The van der Waals surface area contributed by atoms with Crippen LogP contribution in [-0.2, 0) is 6.54 Å². The Kier molecular flexibility index (Phi) is 3.81. The minimum absolute atomic E-state index is 0.356. The largest absolute Gasteiger partial charge is 0.344 e. The summed E-state index contributed by atoms with van der Waals surface area (Å²) in [4.78, 5) is 21.7. The molecule has 0 aliphatic carbocycles. The van der Waals surface area contributed by atoms with Crippen molar-refractivity contribution < 1.29 is 4.79 Å². The average molecular weight is 277 g/mol. The number of aromatic nitrogens is 1. The molecule has 0 fully saturated rings. The van der Waals surface area contributed by atoms with Gasteiger partial charge in [-0.2, -0.15) is 0 Å². The Morgan fingerprint density at radius 1 is 1.32 bits per heavy atom. The summed E-state index contributed by atoms with van der Waals surface area (Å²) in [6, 6.07) is 9.21. The molecule has 2 aromatic rings. The van der Waals surface area contributed by atoms with Crippen LogP contribution in [0.25, 0.3) is 0 Å². The molecule has 0 unspecified atom stereocenters. The summed E-state index contributed by atoms with van der Waals surface area (Å²) in [6.45, 7) is 4.29. The Hall–Kier alpha value is -1.94. The van der Waals surface area contributed by atoms with Gasteiger partial charge in [0.15, 0.2) is 0 Å². The third-order valence-electron chi connectivity index (χ3n) is 3.12. The number of nitrogens with zero attached hydrogens (tertiary/aromatic N) is 2. The maximum Gasteiger partial charge on any atom is 0.318 e. The van der Waals surface area contributed by atoms with Gasteiger partial charge in [0.2, 0.25) is 0 Å². The fourth-order valence-corrected chi connectivity index (χ4v) is 2.34. The van der Waals surface area contributed by atoms with Gasteiger partial charge in [-0.1, -0.05) is 23.7 Å². The highest BCUT2D eigenvalue weighted by Crippen LogP contribution is 2.19. The molecule has 0 aliphatic heterocycles. The van der Waals surface area contributed by atoms with Crippen LogP contribution in [0.2, 0.25) is 5.02 Å². The van der Waals surface area contributed by atoms with Crippen LogP contribution >= 0.6 is 11.6 Å². The molecule has 1 amide bonds. The van der Waals surface area contributed by atoms with Crippen LogP contribution in [0.5, 0.6) is 0 Å². The van der Waals surface area contributed by atoms with Crippen molar-refractivity contribution in [3.8, 4) is 0 Å². The second-order valence-corrected chi connectivity index (χ2v) is 4.83. The lowest BCUT2D eigenvalue weighted by Crippen LogP contribution is -2.05. The summed E-state index contributed by atoms with van der Waals surface area (Å²) in [5.41, 5.74) is 3.04. The molecule has 0 aliphatic rings. The maximum absolute atomic E-state index is 11.4. The highest BCUT2D eigenvalue weighted by Gasteiger charge is 2.16. The summed E-state index contributed by atoms with van der Waals surface area (Å²) in [7, 11) is 0. The molecule has 0 radical (unpaired) electrons. The van der Waals surface area contributed by atoms with Crippen LogP contribution in [-0.4, -0.2) is 10.5 Å². The van der Waals surface area contributed by atoms with Crippen molar-refractivity contribution in [3.05, 3.63) is 62.8 Å². The second-order valence-electron chi connectivity index (χ2n) is 4.40. The maximum atomic E-state index is 11.4. The number of aryl methyl sites for hydroxylation is 1. The molecule has 1 heterocycles. The van der Waals surface area contributed by atoms with Gasteiger partial charge in [0.25, 0.3) is 0 Å². The lowest BCUT2D eigenvalue weighted by Gasteiger charge is -2.09. The highest BCUT2D eigenvalue weighted by molar-refractivity contribution is 6.30. The Morgan fingerprint density at radius 2 is 2.05 bits per heavy atom. The van der Waals surface area contributed by atoms with E-state index in [0.717, 1.165) is 17.0 Å². The molecule has 1 aromatic heterocycles. The van der Waals surface area contributed by atoms with Crippen molar-refractivity contribution in [2.45, 2.75) is 20.4 Å². The van der Waals surface area contributed by atoms with Gasteiger partial charge in [0.1, 0.15) is 0 Å². The van der Waals surface area contributed by atoms with E-state index in [1.54, 1.807) is 13.0 Å². The highest BCUT2D eigenvalue weighted by atomic mass is 35.5. The standard InChI is InChI=1S/C14H13ClN2O2/c1-9-6-13(14(18)16-19)10(2)17(9)8-11-4-3-5-12(15)7-11/h3-7H,8H2,1-2H3. The summed E-state index contributed by atoms with van der Waals surface area (Å²) >= 11 is 5.95. The average Bonchev–Trinajstić information content (AvgIpc) is 2.66. The van der Waals surface area contributed by atoms with Crippen LogP contribution in [0.4, 0.5) is 0 Å². The smallest absolute Gasteiger partial charge is 0.318 e. The number of benzene rings is 1. The number of carbonyl (C=O) groups excluding carboxylic acids is 1. The van der Waals surface area contributed by atoms with Gasteiger partial charge < -0.3 is 4.57 Å². The van der Waals surface area contributed by atoms with Crippen molar-refractivity contribution in [1.82, 2.24) is 4.57 Å². The number of hydrogen-bond donors (Lipinski definition) is 0. The lowest BCUT2D eigenvalue weighted by atomic mass is 10.2. The zero-order chi connectivity index (χ0) is 14.0. The summed E-state index contributed by atoms with van der Waals surface area (Å²) in [6.07, 6.45) is 0. The van der Waals surface area contributed by atoms with Gasteiger partial charge in [-0.3, -0.25) is 4.79 Å². The number of carbonyl (C=O) groups is 1. The first kappa shape index (κ1) is 13.5. The molecule has 5 heteroatoms. The third-order valence-corrected chi connectivity index (χ3v) is 3.35. The quantitative estimate of drug-likeness (QED) is 0.802. The van der Waals surface area contributed by atoms with Gasteiger partial charge in [-0.25, -0.2) is 0 Å². The van der Waals surface area contributed by atoms with Crippen molar-refractivity contribution in [1.29, 1.82) is 0 Å². The molecule has 19 heavy (non-hydrogen) atoms. The molecule has 0 spiro atoms. The number of nitroso groups, excluding NO2 is 1. The fraction of sp³-hybridized carbons (Fsp3) is 0.214. The van der Waals surface area contributed by atoms with Gasteiger partial charge in [-0.05, 0) is 37.6 Å². The van der Waals surface area contributed by atoms with Crippen LogP contribution in [0.15, 0.2) is 35.5 Å². The molecule has 0 N–H and O–H groups in total. The Labute approximate surface area is 116 Å². The SMILES string of the molecule is Cc1cc(C(=O)N=O)c(C)n1Cc1cccc(Cl)c1. The summed E-state index contributed by atoms with van der Waals surface area (Å²) < 4.78 is 1.96. The van der Waals surface area contributed by atoms with E-state index in [4.69, 9.17) is 11.6 Å². The molecule has 4 nitrogen and oxygen atoms in total. The molecule has 0 atom stereocenters. The normalized spacial score (nSPS) is 10.5. The summed E-state index contributed by atoms with van der Waals surface area (Å²) in [5, 5.41) is 3.14. The predicted molar refractivity (Wildman–Crippen MR) is 74.6 cm³/mol. The van der Waals surface area contributed by atoms with E-state index in [9.17, 15) is 9.70 Å². The third kappa shape index (κ3) is 2.74. The minimum atomic E-state index is -0.731. The van der Waals surface area contributed by atoms with E-state index in [2.05, 4.69) is 5.18 Å². The first-order chi connectivity index (χ1) is 9.02. The van der Waals surface area contributed by atoms with E-state index >= 15 is 0 Å². The lowest BCUT2D eigenvalue weighted by molar-refractivity contribution is 0.1000. The van der Waals surface area contributed by atoms with Gasteiger partial charge in [0, 0.05) is 28.1 Å². The Morgan fingerprint density at radius 3 is 2.68 bits per heavy atom. The van der Waals surface area contributed by atoms with E-state index < -0.39 is 5.91 Å². The Balaban J connectivity index is 2.38. The summed E-state index contributed by atoms with van der Waals surface area (Å²) in [5.74, 6) is -0.731. The van der Waals surface area contributed by atoms with Gasteiger partial charge >= 0.3 is 5.91 Å². The minimum Gasteiger partial charge on any atom is -0.344 e. The predicted octanol–water partition coefficient (Wildman–Crippen LogP) is 3.71. The second kappa shape index (κ2) is 5.36. The molecule has 1 aromatic carbocycles. The van der Waals surface area contributed by atoms with E-state index in [1.165, 1.54) is 0 Å². The van der Waals surface area contributed by atoms with Crippen molar-refractivity contribution >= 4 is 17.5 Å². The Bertz CT molecular complexity index is 647. The number of halogens is 1. The van der Waals surface area contributed by atoms with E-state index in [1.807, 2.05) is 35.8 Å². The molecular weight excluding hydrogens is 264 g/mol. The number of amides is 1. The van der Waals surface area contributed by atoms with Crippen LogP contribution in [0.3, 0.4) is 0 Å². The van der Waals surface area contributed by atoms with Crippen LogP contribution in [0, 0.1) is 18.8 Å². The number of hydrogen-bond acceptors (Lipinski definition) is 2. The van der Waals surface area contributed by atoms with Crippen molar-refractivity contribution in [2.24, 2.45) is 5.18 Å². The molecule has 2 rings (SSSR count). The van der Waals surface area contributed by atoms with E-state index in [0.29, 0.717) is 17.1 Å². The van der Waals surface area contributed by atoms with Crippen LogP contribution in [0.1, 0.15) is 27.3 Å². The van der Waals surface area contributed by atoms with Gasteiger partial charge in [0.05, 0.1) is 5.56 Å². The fourth-order valence-electron chi connectivity index (χ4n) is 2.13. The zero-order valence-electron chi connectivity index (χ0n) is 10.7. The molecule has 0 saturated carbocycles.